The molecule has 0 saturated carbocycles. The number of aryl methyl sites for hydroxylation is 1. The van der Waals surface area contributed by atoms with Gasteiger partial charge in [-0.25, -0.2) is 0 Å². The van der Waals surface area contributed by atoms with Crippen LogP contribution in [0.25, 0.3) is 12.2 Å². The third-order valence-electron chi connectivity index (χ3n) is 5.01. The molecule has 0 saturated heterocycles. The summed E-state index contributed by atoms with van der Waals surface area (Å²) in [6.07, 6.45) is 3.41. The quantitative estimate of drug-likeness (QED) is 0.100. The van der Waals surface area contributed by atoms with Crippen LogP contribution in [0.1, 0.15) is 16.7 Å². The maximum absolute atomic E-state index is 12.1. The highest BCUT2D eigenvalue weighted by Gasteiger charge is 2.16. The molecule has 37 heavy (non-hydrogen) atoms. The molecule has 0 fully saturated rings. The molecule has 0 spiro atoms. The zero-order chi connectivity index (χ0) is 26.8. The van der Waals surface area contributed by atoms with Crippen molar-refractivity contribution in [2.45, 2.75) is 11.8 Å². The van der Waals surface area contributed by atoms with E-state index in [0.29, 0.717) is 11.1 Å². The van der Waals surface area contributed by atoms with Crippen LogP contribution in [0.5, 0.6) is 5.75 Å². The van der Waals surface area contributed by atoms with Crippen molar-refractivity contribution in [3.63, 3.8) is 0 Å². The number of benzene rings is 3. The molecule has 0 aliphatic carbocycles. The van der Waals surface area contributed by atoms with E-state index < -0.39 is 20.0 Å². The summed E-state index contributed by atoms with van der Waals surface area (Å²) in [6, 6.07) is 16.6. The first kappa shape index (κ1) is 27.5. The summed E-state index contributed by atoms with van der Waals surface area (Å²) in [6.45, 7) is 1.67. The fourth-order valence-electron chi connectivity index (χ4n) is 3.09. The van der Waals surface area contributed by atoms with Crippen molar-refractivity contribution >= 4 is 33.6 Å². The number of nitro groups is 2. The van der Waals surface area contributed by atoms with Gasteiger partial charge in [0.05, 0.1) is 34.6 Å². The predicted molar refractivity (Wildman–Crippen MR) is 136 cm³/mol. The van der Waals surface area contributed by atoms with E-state index in [2.05, 4.69) is 0 Å². The van der Waals surface area contributed by atoms with E-state index >= 15 is 0 Å². The van der Waals surface area contributed by atoms with Gasteiger partial charge in [0, 0.05) is 18.2 Å². The average molecular weight is 529 g/mol. The molecule has 0 aromatic heterocycles. The number of rotatable bonds is 13. The average Bonchev–Trinajstić information content (AvgIpc) is 2.87. The number of hydrogen-bond acceptors (Lipinski definition) is 9. The molecule has 3 aromatic carbocycles. The summed E-state index contributed by atoms with van der Waals surface area (Å²) in [7, 11) is -3.89. The van der Waals surface area contributed by atoms with Gasteiger partial charge >= 0.3 is 5.69 Å². The Hall–Kier alpha value is -4.13. The lowest BCUT2D eigenvalue weighted by Gasteiger charge is -2.09. The Morgan fingerprint density at radius 2 is 1.41 bits per heavy atom. The van der Waals surface area contributed by atoms with E-state index in [1.807, 2.05) is 6.92 Å². The Balaban J connectivity index is 1.50. The monoisotopic (exact) mass is 528 g/mol. The number of ether oxygens (including phenoxy) is 2. The fraction of sp³-hybridized carbons (Fsp3) is 0.200. The summed E-state index contributed by atoms with van der Waals surface area (Å²) < 4.78 is 40.1. The van der Waals surface area contributed by atoms with Crippen LogP contribution >= 0.6 is 0 Å². The van der Waals surface area contributed by atoms with Crippen molar-refractivity contribution in [1.82, 2.24) is 0 Å². The second kappa shape index (κ2) is 12.7. The van der Waals surface area contributed by atoms with Gasteiger partial charge in [-0.3, -0.25) is 24.4 Å². The van der Waals surface area contributed by atoms with Crippen LogP contribution in [0.3, 0.4) is 0 Å². The molecule has 0 heterocycles. The van der Waals surface area contributed by atoms with Gasteiger partial charge in [0.25, 0.3) is 15.8 Å². The Labute approximate surface area is 213 Å². The third-order valence-corrected chi connectivity index (χ3v) is 6.34. The molecule has 0 aliphatic rings. The van der Waals surface area contributed by atoms with Crippen LogP contribution in [0, 0.1) is 27.2 Å². The van der Waals surface area contributed by atoms with E-state index in [1.165, 1.54) is 36.4 Å². The Morgan fingerprint density at radius 3 is 2.05 bits per heavy atom. The lowest BCUT2D eigenvalue weighted by atomic mass is 10.1. The minimum absolute atomic E-state index is 0.0128. The maximum Gasteiger partial charge on any atom is 0.310 e. The normalized spacial score (nSPS) is 11.5. The molecular formula is C25H24N2O9S. The number of nitrogens with zero attached hydrogens (tertiary/aromatic N) is 2. The van der Waals surface area contributed by atoms with Crippen LogP contribution in [-0.4, -0.2) is 44.7 Å². The zero-order valence-electron chi connectivity index (χ0n) is 19.8. The van der Waals surface area contributed by atoms with E-state index in [4.69, 9.17) is 13.7 Å². The largest absolute Gasteiger partial charge is 0.484 e. The van der Waals surface area contributed by atoms with E-state index in [0.717, 1.165) is 5.56 Å². The van der Waals surface area contributed by atoms with Crippen molar-refractivity contribution < 1.29 is 31.9 Å². The highest BCUT2D eigenvalue weighted by atomic mass is 32.2. The molecule has 12 heteroatoms. The molecule has 0 atom stereocenters. The highest BCUT2D eigenvalue weighted by molar-refractivity contribution is 7.86. The van der Waals surface area contributed by atoms with Gasteiger partial charge in [0.1, 0.15) is 6.61 Å². The smallest absolute Gasteiger partial charge is 0.310 e. The summed E-state index contributed by atoms with van der Waals surface area (Å²) in [5.74, 6) is 0.0395. The number of nitro benzene ring substituents is 2. The van der Waals surface area contributed by atoms with Crippen molar-refractivity contribution in [3.8, 4) is 5.75 Å². The Bertz CT molecular complexity index is 1370. The summed E-state index contributed by atoms with van der Waals surface area (Å²) >= 11 is 0. The van der Waals surface area contributed by atoms with Gasteiger partial charge in [-0.1, -0.05) is 29.8 Å². The van der Waals surface area contributed by atoms with Gasteiger partial charge in [-0.05, 0) is 54.4 Å². The SMILES string of the molecule is Cc1ccc(S(=O)(=O)OCCOCCOc2cc(/C=C/c3ccc([N+](=O)[O-])cc3)ccc2[N+](=O)[O-])cc1. The van der Waals surface area contributed by atoms with Crippen molar-refractivity contribution in [2.24, 2.45) is 0 Å². The second-order valence-electron chi connectivity index (χ2n) is 7.72. The summed E-state index contributed by atoms with van der Waals surface area (Å²) in [5.41, 5.74) is 2.01. The number of non-ortho nitro benzene ring substituents is 1. The van der Waals surface area contributed by atoms with Crippen molar-refractivity contribution in [3.05, 3.63) is 104 Å². The van der Waals surface area contributed by atoms with Crippen LogP contribution < -0.4 is 4.74 Å². The Morgan fingerprint density at radius 1 is 0.784 bits per heavy atom. The molecule has 0 N–H and O–H groups in total. The zero-order valence-corrected chi connectivity index (χ0v) is 20.6. The van der Waals surface area contributed by atoms with Crippen LogP contribution in [-0.2, 0) is 19.0 Å². The molecule has 3 rings (SSSR count). The van der Waals surface area contributed by atoms with Crippen LogP contribution in [0.15, 0.2) is 71.6 Å². The van der Waals surface area contributed by atoms with Gasteiger partial charge in [-0.2, -0.15) is 8.42 Å². The second-order valence-corrected chi connectivity index (χ2v) is 9.33. The molecule has 3 aromatic rings. The predicted octanol–water partition coefficient (Wildman–Crippen LogP) is 4.78. The fourth-order valence-corrected chi connectivity index (χ4v) is 3.98. The van der Waals surface area contributed by atoms with Crippen molar-refractivity contribution in [1.29, 1.82) is 0 Å². The van der Waals surface area contributed by atoms with Crippen LogP contribution in [0.4, 0.5) is 11.4 Å². The number of hydrogen-bond donors (Lipinski definition) is 0. The first-order valence-corrected chi connectivity index (χ1v) is 12.4. The maximum atomic E-state index is 12.1. The van der Waals surface area contributed by atoms with Crippen LogP contribution in [0.2, 0.25) is 0 Å². The lowest BCUT2D eigenvalue weighted by molar-refractivity contribution is -0.385. The molecule has 0 bridgehead atoms. The van der Waals surface area contributed by atoms with Gasteiger partial charge in [0.2, 0.25) is 0 Å². The highest BCUT2D eigenvalue weighted by Crippen LogP contribution is 2.29. The summed E-state index contributed by atoms with van der Waals surface area (Å²) in [5, 5.41) is 22.1. The van der Waals surface area contributed by atoms with E-state index in [9.17, 15) is 28.6 Å². The molecule has 0 radical (unpaired) electrons. The standard InChI is InChI=1S/C25H24N2O9S/c1-19-2-11-23(12-3-19)37(32,33)36-17-15-34-14-16-35-25-18-21(8-13-24(25)27(30)31)5-4-20-6-9-22(10-7-20)26(28)29/h2-13,18H,14-17H2,1H3/b5-4+. The minimum atomic E-state index is -3.89. The molecule has 11 nitrogen and oxygen atoms in total. The van der Waals surface area contributed by atoms with Gasteiger partial charge in [0.15, 0.2) is 5.75 Å². The molecule has 194 valence electrons. The van der Waals surface area contributed by atoms with E-state index in [1.54, 1.807) is 42.5 Å². The molecular weight excluding hydrogens is 504 g/mol. The first-order valence-electron chi connectivity index (χ1n) is 11.0. The minimum Gasteiger partial charge on any atom is -0.484 e. The van der Waals surface area contributed by atoms with E-state index in [-0.39, 0.29) is 48.4 Å². The molecule has 0 aliphatic heterocycles. The first-order chi connectivity index (χ1) is 17.7. The van der Waals surface area contributed by atoms with Gasteiger partial charge in [-0.15, -0.1) is 0 Å². The topological polar surface area (TPSA) is 148 Å². The molecule has 0 amide bonds. The van der Waals surface area contributed by atoms with Crippen molar-refractivity contribution in [2.75, 3.05) is 26.4 Å². The summed E-state index contributed by atoms with van der Waals surface area (Å²) in [4.78, 5) is 21.1. The van der Waals surface area contributed by atoms with Gasteiger partial charge < -0.3 is 9.47 Å². The molecule has 0 unspecified atom stereocenters. The third kappa shape index (κ3) is 8.20. The lowest BCUT2D eigenvalue weighted by Crippen LogP contribution is -2.14. The Kier molecular flexibility index (Phi) is 9.44.